The van der Waals surface area contributed by atoms with Crippen LogP contribution in [0.2, 0.25) is 0 Å². The van der Waals surface area contributed by atoms with Crippen molar-refractivity contribution in [2.45, 2.75) is 0 Å². The van der Waals surface area contributed by atoms with Gasteiger partial charge in [-0.3, -0.25) is 10.1 Å². The van der Waals surface area contributed by atoms with Crippen LogP contribution < -0.4 is 9.47 Å². The van der Waals surface area contributed by atoms with Gasteiger partial charge in [0.1, 0.15) is 33.8 Å². The molecule has 4 rings (SSSR count). The van der Waals surface area contributed by atoms with Crippen LogP contribution in [0.25, 0.3) is 22.5 Å². The highest BCUT2D eigenvalue weighted by atomic mass is 16.6. The van der Waals surface area contributed by atoms with Crippen LogP contribution in [0.15, 0.2) is 74.5 Å². The summed E-state index contributed by atoms with van der Waals surface area (Å²) < 4.78 is 21.6. The second-order valence-electron chi connectivity index (χ2n) is 6.75. The van der Waals surface area contributed by atoms with E-state index < -0.39 is 10.8 Å². The second kappa shape index (κ2) is 9.11. The largest absolute Gasteiger partial charge is 0.497 e. The lowest BCUT2D eigenvalue weighted by Gasteiger charge is -2.06. The van der Waals surface area contributed by atoms with Crippen LogP contribution in [0, 0.1) is 21.4 Å². The minimum Gasteiger partial charge on any atom is -0.497 e. The van der Waals surface area contributed by atoms with Crippen molar-refractivity contribution in [3.8, 4) is 40.0 Å². The highest BCUT2D eigenvalue weighted by molar-refractivity contribution is 5.89. The minimum atomic E-state index is -0.644. The fourth-order valence-electron chi connectivity index (χ4n) is 3.22. The highest BCUT2D eigenvalue weighted by Crippen LogP contribution is 2.43. The smallest absolute Gasteiger partial charge is 0.433 e. The van der Waals surface area contributed by atoms with E-state index in [9.17, 15) is 15.4 Å². The number of benzene rings is 2. The van der Waals surface area contributed by atoms with Crippen LogP contribution >= 0.6 is 0 Å². The van der Waals surface area contributed by atoms with Gasteiger partial charge in [0.15, 0.2) is 5.76 Å². The van der Waals surface area contributed by atoms with Crippen LogP contribution in [0.3, 0.4) is 0 Å². The molecular weight excluding hydrogens is 426 g/mol. The van der Waals surface area contributed by atoms with E-state index in [4.69, 9.17) is 18.3 Å². The number of ether oxygens (including phenoxy) is 2. The van der Waals surface area contributed by atoms with E-state index in [0.29, 0.717) is 28.4 Å². The third kappa shape index (κ3) is 4.31. The number of nitro groups is 1. The molecule has 0 saturated heterocycles. The van der Waals surface area contributed by atoms with Gasteiger partial charge in [-0.05, 0) is 48.0 Å². The number of aliphatic imine (C=N–C) groups is 1. The maximum absolute atomic E-state index is 10.8. The van der Waals surface area contributed by atoms with Gasteiger partial charge in [0.25, 0.3) is 0 Å². The van der Waals surface area contributed by atoms with E-state index in [0.717, 1.165) is 5.56 Å². The second-order valence-corrected chi connectivity index (χ2v) is 6.75. The number of nitriles is 1. The van der Waals surface area contributed by atoms with E-state index in [1.807, 2.05) is 24.3 Å². The summed E-state index contributed by atoms with van der Waals surface area (Å²) in [6.45, 7) is 0. The van der Waals surface area contributed by atoms with Crippen LogP contribution in [-0.4, -0.2) is 25.4 Å². The molecule has 0 radical (unpaired) electrons. The summed E-state index contributed by atoms with van der Waals surface area (Å²) in [7, 11) is 3.15. The number of furan rings is 2. The predicted octanol–water partition coefficient (Wildman–Crippen LogP) is 5.75. The third-order valence-electron chi connectivity index (χ3n) is 4.83. The Morgan fingerprint density at radius 2 is 1.55 bits per heavy atom. The first-order chi connectivity index (χ1) is 16.0. The topological polar surface area (TPSA) is 124 Å². The van der Waals surface area contributed by atoms with Crippen molar-refractivity contribution in [2.24, 2.45) is 4.99 Å². The van der Waals surface area contributed by atoms with Crippen LogP contribution in [-0.2, 0) is 0 Å². The molecule has 0 aliphatic heterocycles. The van der Waals surface area contributed by atoms with Gasteiger partial charge in [0.2, 0.25) is 5.88 Å². The summed E-state index contributed by atoms with van der Waals surface area (Å²) in [5, 5.41) is 20.8. The van der Waals surface area contributed by atoms with E-state index in [1.165, 1.54) is 18.3 Å². The lowest BCUT2D eigenvalue weighted by Crippen LogP contribution is -1.87. The van der Waals surface area contributed by atoms with Crippen molar-refractivity contribution >= 4 is 18.0 Å². The number of hydrogen-bond acceptors (Lipinski definition) is 8. The minimum absolute atomic E-state index is 0.0492. The maximum atomic E-state index is 10.8. The number of nitrogens with zero attached hydrogens (tertiary/aromatic N) is 3. The molecule has 33 heavy (non-hydrogen) atoms. The zero-order valence-corrected chi connectivity index (χ0v) is 17.6. The fraction of sp³-hybridized carbons (Fsp3) is 0.0833. The monoisotopic (exact) mass is 443 g/mol. The van der Waals surface area contributed by atoms with Crippen molar-refractivity contribution in [1.82, 2.24) is 0 Å². The molecule has 0 aliphatic carbocycles. The molecule has 0 bridgehead atoms. The van der Waals surface area contributed by atoms with Gasteiger partial charge in [-0.2, -0.15) is 5.26 Å². The van der Waals surface area contributed by atoms with Gasteiger partial charge in [-0.25, -0.2) is 4.99 Å². The van der Waals surface area contributed by atoms with Gasteiger partial charge in [0.05, 0.1) is 26.5 Å². The molecule has 9 heteroatoms. The predicted molar refractivity (Wildman–Crippen MR) is 120 cm³/mol. The van der Waals surface area contributed by atoms with E-state index in [2.05, 4.69) is 11.1 Å². The maximum Gasteiger partial charge on any atom is 0.433 e. The first kappa shape index (κ1) is 21.4. The van der Waals surface area contributed by atoms with Gasteiger partial charge in [0, 0.05) is 11.1 Å². The van der Waals surface area contributed by atoms with Crippen molar-refractivity contribution < 1.29 is 23.2 Å². The van der Waals surface area contributed by atoms with Crippen LogP contribution in [0.1, 0.15) is 11.3 Å². The molecule has 0 aliphatic rings. The van der Waals surface area contributed by atoms with Gasteiger partial charge in [-0.15, -0.1) is 0 Å². The molecule has 2 heterocycles. The standard InChI is InChI=1S/C24H17N3O6/c1-30-17-7-3-15(4-8-17)22-20(13-25)24(26-14-19-11-12-21(32-19)27(28)29)33-23(22)16-5-9-18(31-2)10-6-16/h3-12,14H,1-2H3. The van der Waals surface area contributed by atoms with Gasteiger partial charge < -0.3 is 18.3 Å². The summed E-state index contributed by atoms with van der Waals surface area (Å²) in [5.74, 6) is 1.58. The van der Waals surface area contributed by atoms with E-state index >= 15 is 0 Å². The lowest BCUT2D eigenvalue weighted by molar-refractivity contribution is -0.402. The quantitative estimate of drug-likeness (QED) is 0.202. The first-order valence-corrected chi connectivity index (χ1v) is 9.68. The van der Waals surface area contributed by atoms with E-state index in [-0.39, 0.29) is 17.2 Å². The molecule has 2 aromatic carbocycles. The molecular formula is C24H17N3O6. The average molecular weight is 443 g/mol. The molecule has 4 aromatic rings. The van der Waals surface area contributed by atoms with Crippen LogP contribution in [0.5, 0.6) is 11.5 Å². The van der Waals surface area contributed by atoms with E-state index in [1.54, 1.807) is 38.5 Å². The molecule has 0 unspecified atom stereocenters. The van der Waals surface area contributed by atoms with Gasteiger partial charge >= 0.3 is 5.88 Å². The van der Waals surface area contributed by atoms with Gasteiger partial charge in [-0.1, -0.05) is 12.1 Å². The zero-order chi connectivity index (χ0) is 23.4. The Morgan fingerprint density at radius 3 is 2.06 bits per heavy atom. The van der Waals surface area contributed by atoms with Crippen LogP contribution in [0.4, 0.5) is 11.8 Å². The molecule has 0 fully saturated rings. The first-order valence-electron chi connectivity index (χ1n) is 9.68. The Bertz CT molecular complexity index is 1360. The third-order valence-corrected chi connectivity index (χ3v) is 4.83. The number of hydrogen-bond donors (Lipinski definition) is 0. The summed E-state index contributed by atoms with van der Waals surface area (Å²) in [5.41, 5.74) is 2.22. The Labute approximate surface area is 188 Å². The Kier molecular flexibility index (Phi) is 5.91. The Hall–Kier alpha value is -4.84. The average Bonchev–Trinajstić information content (AvgIpc) is 3.47. The zero-order valence-electron chi connectivity index (χ0n) is 17.6. The number of rotatable bonds is 7. The lowest BCUT2D eigenvalue weighted by atomic mass is 9.98. The molecule has 0 amide bonds. The molecule has 164 valence electrons. The SMILES string of the molecule is COc1ccc(-c2oc(N=Cc3ccc([N+](=O)[O-])o3)c(C#N)c2-c2ccc(OC)cc2)cc1. The van der Waals surface area contributed by atoms with Crippen molar-refractivity contribution in [3.63, 3.8) is 0 Å². The molecule has 0 N–H and O–H groups in total. The Morgan fingerprint density at radius 1 is 0.939 bits per heavy atom. The highest BCUT2D eigenvalue weighted by Gasteiger charge is 2.23. The normalized spacial score (nSPS) is 10.8. The Balaban J connectivity index is 1.84. The van der Waals surface area contributed by atoms with Crippen molar-refractivity contribution in [1.29, 1.82) is 5.26 Å². The van der Waals surface area contributed by atoms with Crippen molar-refractivity contribution in [2.75, 3.05) is 14.2 Å². The summed E-state index contributed by atoms with van der Waals surface area (Å²) in [6, 6.07) is 19.2. The molecule has 0 atom stereocenters. The molecule has 0 spiro atoms. The van der Waals surface area contributed by atoms with Crippen molar-refractivity contribution in [3.05, 3.63) is 82.1 Å². The fourth-order valence-corrected chi connectivity index (χ4v) is 3.22. The summed E-state index contributed by atoms with van der Waals surface area (Å²) in [4.78, 5) is 14.4. The molecule has 9 nitrogen and oxygen atoms in total. The summed E-state index contributed by atoms with van der Waals surface area (Å²) >= 11 is 0. The number of methoxy groups -OCH3 is 2. The molecule has 2 aromatic heterocycles. The summed E-state index contributed by atoms with van der Waals surface area (Å²) in [6.07, 6.45) is 1.27. The molecule has 0 saturated carbocycles.